The van der Waals surface area contributed by atoms with Crippen molar-refractivity contribution in [1.29, 1.82) is 0 Å². The van der Waals surface area contributed by atoms with Crippen LogP contribution >= 0.6 is 0 Å². The van der Waals surface area contributed by atoms with Gasteiger partial charge in [0.05, 0.1) is 0 Å². The van der Waals surface area contributed by atoms with Gasteiger partial charge in [0.2, 0.25) is 0 Å². The molecule has 0 aliphatic carbocycles. The Bertz CT molecular complexity index is 3100. The van der Waals surface area contributed by atoms with E-state index in [1.54, 1.807) is 0 Å². The van der Waals surface area contributed by atoms with E-state index in [0.717, 1.165) is 83.2 Å². The van der Waals surface area contributed by atoms with Crippen LogP contribution < -0.4 is 4.90 Å². The molecule has 3 heteroatoms. The molecular formula is C54H35NO2. The zero-order valence-corrected chi connectivity index (χ0v) is 31.0. The van der Waals surface area contributed by atoms with Crippen LogP contribution in [0.2, 0.25) is 0 Å². The second-order valence-corrected chi connectivity index (χ2v) is 14.5. The monoisotopic (exact) mass is 729 g/mol. The van der Waals surface area contributed by atoms with E-state index in [1.807, 2.05) is 12.1 Å². The highest BCUT2D eigenvalue weighted by Gasteiger charge is 2.22. The number of hydrogen-bond acceptors (Lipinski definition) is 3. The smallest absolute Gasteiger partial charge is 0.144 e. The van der Waals surface area contributed by atoms with Crippen molar-refractivity contribution < 1.29 is 8.83 Å². The normalized spacial score (nSPS) is 11.5. The molecule has 3 nitrogen and oxygen atoms in total. The lowest BCUT2D eigenvalue weighted by molar-refractivity contribution is 0.665. The molecule has 2 heterocycles. The van der Waals surface area contributed by atoms with E-state index >= 15 is 0 Å². The third-order valence-corrected chi connectivity index (χ3v) is 11.1. The second-order valence-electron chi connectivity index (χ2n) is 14.5. The Balaban J connectivity index is 1.03. The van der Waals surface area contributed by atoms with Gasteiger partial charge in [0, 0.05) is 49.7 Å². The van der Waals surface area contributed by atoms with Gasteiger partial charge >= 0.3 is 0 Å². The molecule has 57 heavy (non-hydrogen) atoms. The molecule has 0 saturated carbocycles. The highest BCUT2D eigenvalue weighted by molar-refractivity contribution is 6.24. The van der Waals surface area contributed by atoms with Gasteiger partial charge in [-0.2, -0.15) is 0 Å². The van der Waals surface area contributed by atoms with E-state index in [1.165, 1.54) is 22.3 Å². The van der Waals surface area contributed by atoms with Crippen LogP contribution in [0, 0.1) is 0 Å². The quantitative estimate of drug-likeness (QED) is 0.164. The Morgan fingerprint density at radius 3 is 1.35 bits per heavy atom. The minimum absolute atomic E-state index is 0.855. The molecule has 0 saturated heterocycles. The Kier molecular flexibility index (Phi) is 7.82. The molecule has 0 spiro atoms. The van der Waals surface area contributed by atoms with Gasteiger partial charge in [0.1, 0.15) is 22.3 Å². The van der Waals surface area contributed by atoms with Gasteiger partial charge in [-0.3, -0.25) is 0 Å². The summed E-state index contributed by atoms with van der Waals surface area (Å²) in [6.07, 6.45) is 0. The largest absolute Gasteiger partial charge is 0.456 e. The average Bonchev–Trinajstić information content (AvgIpc) is 3.85. The minimum Gasteiger partial charge on any atom is -0.456 e. The van der Waals surface area contributed by atoms with Crippen molar-refractivity contribution in [3.05, 3.63) is 212 Å². The number of hydrogen-bond donors (Lipinski definition) is 0. The summed E-state index contributed by atoms with van der Waals surface area (Å²) in [6, 6.07) is 74.9. The molecular weight excluding hydrogens is 695 g/mol. The lowest BCUT2D eigenvalue weighted by Gasteiger charge is -2.26. The van der Waals surface area contributed by atoms with Crippen molar-refractivity contribution in [2.24, 2.45) is 0 Å². The van der Waals surface area contributed by atoms with Gasteiger partial charge in [-0.1, -0.05) is 164 Å². The summed E-state index contributed by atoms with van der Waals surface area (Å²) < 4.78 is 13.5. The van der Waals surface area contributed by atoms with E-state index in [4.69, 9.17) is 8.83 Å². The summed E-state index contributed by atoms with van der Waals surface area (Å²) in [5.74, 6) is 0. The molecule has 0 fully saturated rings. The van der Waals surface area contributed by atoms with Crippen LogP contribution in [0.5, 0.6) is 0 Å². The van der Waals surface area contributed by atoms with Crippen LogP contribution in [0.15, 0.2) is 221 Å². The van der Waals surface area contributed by atoms with Gasteiger partial charge in [-0.15, -0.1) is 0 Å². The Labute approximate surface area is 330 Å². The Morgan fingerprint density at radius 1 is 0.298 bits per heavy atom. The van der Waals surface area contributed by atoms with Crippen LogP contribution in [-0.4, -0.2) is 0 Å². The summed E-state index contributed by atoms with van der Waals surface area (Å²) in [6.45, 7) is 0. The molecule has 11 aromatic rings. The third-order valence-electron chi connectivity index (χ3n) is 11.1. The van der Waals surface area contributed by atoms with Crippen molar-refractivity contribution in [1.82, 2.24) is 0 Å². The Hall–Kier alpha value is -7.62. The fraction of sp³-hybridized carbons (Fsp3) is 0. The van der Waals surface area contributed by atoms with Crippen molar-refractivity contribution >= 4 is 60.9 Å². The fourth-order valence-electron chi connectivity index (χ4n) is 8.35. The van der Waals surface area contributed by atoms with Crippen LogP contribution in [0.25, 0.3) is 88.4 Å². The maximum Gasteiger partial charge on any atom is 0.144 e. The first-order chi connectivity index (χ1) is 28.3. The van der Waals surface area contributed by atoms with Gasteiger partial charge in [0.25, 0.3) is 0 Å². The lowest BCUT2D eigenvalue weighted by atomic mass is 9.96. The molecule has 0 aliphatic rings. The predicted molar refractivity (Wildman–Crippen MR) is 237 cm³/mol. The highest BCUT2D eigenvalue weighted by Crippen LogP contribution is 2.47. The zero-order chi connectivity index (χ0) is 37.7. The standard InChI is InChI=1S/C54H35NO2/c1-4-13-36(14-5-1)38-23-29-42(30-24-38)55(43-31-25-39(26-32-43)37-15-6-2-7-16-37)44-33-27-40(28-34-44)45-20-12-21-46-48-35-50-52(47-19-10-11-22-49(47)56-50)51(54(48)57-53(45)46)41-17-8-3-9-18-41/h1-35H. The molecule has 0 unspecified atom stereocenters. The van der Waals surface area contributed by atoms with Gasteiger partial charge in [0.15, 0.2) is 0 Å². The van der Waals surface area contributed by atoms with Crippen molar-refractivity contribution in [2.45, 2.75) is 0 Å². The first-order valence-electron chi connectivity index (χ1n) is 19.3. The van der Waals surface area contributed by atoms with Gasteiger partial charge in [-0.05, 0) is 81.9 Å². The van der Waals surface area contributed by atoms with Crippen LogP contribution in [0.1, 0.15) is 0 Å². The summed E-state index contributed by atoms with van der Waals surface area (Å²) in [7, 11) is 0. The Morgan fingerprint density at radius 2 is 0.772 bits per heavy atom. The van der Waals surface area contributed by atoms with E-state index in [-0.39, 0.29) is 0 Å². The SMILES string of the molecule is c1ccc(-c2ccc(N(c3ccc(-c4ccccc4)cc3)c3ccc(-c4cccc5c4oc4c(-c6ccccc6)c6c(cc45)oc4ccccc46)cc3)cc2)cc1. The summed E-state index contributed by atoms with van der Waals surface area (Å²) in [5, 5.41) is 4.25. The van der Waals surface area contributed by atoms with Crippen LogP contribution in [0.4, 0.5) is 17.1 Å². The lowest BCUT2D eigenvalue weighted by Crippen LogP contribution is -2.09. The molecule has 2 aromatic heterocycles. The number of fused-ring (bicyclic) bond motifs is 6. The second kappa shape index (κ2) is 13.6. The fourth-order valence-corrected chi connectivity index (χ4v) is 8.35. The molecule has 0 aliphatic heterocycles. The number of nitrogens with zero attached hydrogens (tertiary/aromatic N) is 1. The van der Waals surface area contributed by atoms with E-state index in [9.17, 15) is 0 Å². The molecule has 268 valence electrons. The molecule has 0 atom stereocenters. The van der Waals surface area contributed by atoms with Crippen LogP contribution in [-0.2, 0) is 0 Å². The highest BCUT2D eigenvalue weighted by atomic mass is 16.3. The third kappa shape index (κ3) is 5.68. The number of para-hydroxylation sites is 2. The zero-order valence-electron chi connectivity index (χ0n) is 31.0. The van der Waals surface area contributed by atoms with Gasteiger partial charge in [-0.25, -0.2) is 0 Å². The average molecular weight is 730 g/mol. The molecule has 11 rings (SSSR count). The minimum atomic E-state index is 0.855. The van der Waals surface area contributed by atoms with Crippen LogP contribution in [0.3, 0.4) is 0 Å². The first-order valence-corrected chi connectivity index (χ1v) is 19.3. The molecule has 0 amide bonds. The number of rotatable bonds is 7. The molecule has 0 radical (unpaired) electrons. The van der Waals surface area contributed by atoms with Crippen molar-refractivity contribution in [2.75, 3.05) is 4.90 Å². The van der Waals surface area contributed by atoms with Crippen molar-refractivity contribution in [3.63, 3.8) is 0 Å². The van der Waals surface area contributed by atoms with E-state index in [2.05, 4.69) is 205 Å². The van der Waals surface area contributed by atoms with Crippen molar-refractivity contribution in [3.8, 4) is 44.5 Å². The predicted octanol–water partition coefficient (Wildman–Crippen LogP) is 15.6. The first kappa shape index (κ1) is 32.8. The maximum atomic E-state index is 7.01. The molecule has 0 N–H and O–H groups in total. The summed E-state index contributed by atoms with van der Waals surface area (Å²) >= 11 is 0. The van der Waals surface area contributed by atoms with E-state index < -0.39 is 0 Å². The maximum absolute atomic E-state index is 7.01. The summed E-state index contributed by atoms with van der Waals surface area (Å²) in [5.41, 5.74) is 15.7. The van der Waals surface area contributed by atoms with Gasteiger partial charge < -0.3 is 13.7 Å². The molecule has 9 aromatic carbocycles. The van der Waals surface area contributed by atoms with E-state index in [0.29, 0.717) is 0 Å². The topological polar surface area (TPSA) is 29.5 Å². The molecule has 0 bridgehead atoms. The number of benzene rings is 9. The number of furan rings is 2. The summed E-state index contributed by atoms with van der Waals surface area (Å²) in [4.78, 5) is 2.32. The number of anilines is 3.